The van der Waals surface area contributed by atoms with Gasteiger partial charge in [0, 0.05) is 12.0 Å². The molecule has 4 heteroatoms. The van der Waals surface area contributed by atoms with Crippen molar-refractivity contribution < 1.29 is 13.5 Å². The van der Waals surface area contributed by atoms with Gasteiger partial charge < -0.3 is 10.5 Å². The molecule has 0 atom stereocenters. The summed E-state index contributed by atoms with van der Waals surface area (Å²) in [7, 11) is 1.33. The number of hydrogen-bond acceptors (Lipinski definition) is 2. The first-order valence-corrected chi connectivity index (χ1v) is 5.87. The average Bonchev–Trinajstić information content (AvgIpc) is 2.82. The van der Waals surface area contributed by atoms with E-state index in [9.17, 15) is 8.78 Å². The summed E-state index contributed by atoms with van der Waals surface area (Å²) in [6, 6.07) is 3.08. The Kier molecular flexibility index (Phi) is 3.33. The van der Waals surface area contributed by atoms with E-state index in [1.807, 2.05) is 0 Å². The van der Waals surface area contributed by atoms with Crippen LogP contribution in [0.3, 0.4) is 0 Å². The van der Waals surface area contributed by atoms with Crippen LogP contribution in [0.1, 0.15) is 31.2 Å². The average molecular weight is 241 g/mol. The standard InChI is InChI=1S/C13H17F2NO/c1-17-10-5-4-9(11(14)12(10)15)13(8-16)6-2-3-7-13/h4-5H,2-3,6-8,16H2,1H3. The Hall–Kier alpha value is -1.16. The molecule has 1 aromatic rings. The van der Waals surface area contributed by atoms with Gasteiger partial charge in [-0.1, -0.05) is 18.9 Å². The van der Waals surface area contributed by atoms with Crippen molar-refractivity contribution in [1.82, 2.24) is 0 Å². The van der Waals surface area contributed by atoms with Crippen LogP contribution < -0.4 is 10.5 Å². The first-order valence-electron chi connectivity index (χ1n) is 5.87. The predicted molar refractivity (Wildman–Crippen MR) is 62.1 cm³/mol. The molecular formula is C13H17F2NO. The molecule has 0 heterocycles. The summed E-state index contributed by atoms with van der Waals surface area (Å²) in [6.45, 7) is 0.357. The van der Waals surface area contributed by atoms with Gasteiger partial charge in [0.2, 0.25) is 5.82 Å². The molecule has 0 unspecified atom stereocenters. The van der Waals surface area contributed by atoms with Crippen molar-refractivity contribution in [3.8, 4) is 5.75 Å². The zero-order valence-corrected chi connectivity index (χ0v) is 9.93. The van der Waals surface area contributed by atoms with Gasteiger partial charge in [0.05, 0.1) is 7.11 Å². The smallest absolute Gasteiger partial charge is 0.200 e. The molecule has 0 spiro atoms. The number of methoxy groups -OCH3 is 1. The lowest BCUT2D eigenvalue weighted by Gasteiger charge is -2.28. The number of benzene rings is 1. The van der Waals surface area contributed by atoms with Crippen LogP contribution in [0.25, 0.3) is 0 Å². The molecule has 0 saturated heterocycles. The van der Waals surface area contributed by atoms with E-state index in [0.717, 1.165) is 25.7 Å². The normalized spacial score (nSPS) is 18.4. The second-order valence-corrected chi connectivity index (χ2v) is 4.63. The Labute approximate surface area is 99.8 Å². The van der Waals surface area contributed by atoms with Crippen LogP contribution in [0.5, 0.6) is 5.75 Å². The first-order chi connectivity index (χ1) is 8.14. The summed E-state index contributed by atoms with van der Waals surface area (Å²) in [5, 5.41) is 0. The van der Waals surface area contributed by atoms with E-state index in [0.29, 0.717) is 12.1 Å². The monoisotopic (exact) mass is 241 g/mol. The molecule has 1 aromatic carbocycles. The van der Waals surface area contributed by atoms with Crippen LogP contribution in [0.15, 0.2) is 12.1 Å². The first kappa shape index (κ1) is 12.3. The predicted octanol–water partition coefficient (Wildman–Crippen LogP) is 2.74. The SMILES string of the molecule is COc1ccc(C2(CN)CCCC2)c(F)c1F. The largest absolute Gasteiger partial charge is 0.494 e. The van der Waals surface area contributed by atoms with E-state index in [1.165, 1.54) is 13.2 Å². The summed E-state index contributed by atoms with van der Waals surface area (Å²) in [4.78, 5) is 0. The lowest BCUT2D eigenvalue weighted by atomic mass is 9.78. The van der Waals surface area contributed by atoms with E-state index in [4.69, 9.17) is 10.5 Å². The Morgan fingerprint density at radius 1 is 1.24 bits per heavy atom. The van der Waals surface area contributed by atoms with Crippen LogP contribution >= 0.6 is 0 Å². The quantitative estimate of drug-likeness (QED) is 0.883. The van der Waals surface area contributed by atoms with Gasteiger partial charge in [0.15, 0.2) is 11.6 Å². The molecule has 0 aromatic heterocycles. The lowest BCUT2D eigenvalue weighted by molar-refractivity contribution is 0.358. The van der Waals surface area contributed by atoms with Crippen molar-refractivity contribution in [2.45, 2.75) is 31.1 Å². The minimum atomic E-state index is -0.912. The lowest BCUT2D eigenvalue weighted by Crippen LogP contribution is -2.33. The van der Waals surface area contributed by atoms with Crippen molar-refractivity contribution >= 4 is 0 Å². The summed E-state index contributed by atoms with van der Waals surface area (Å²) >= 11 is 0. The van der Waals surface area contributed by atoms with E-state index < -0.39 is 17.0 Å². The third-order valence-electron chi connectivity index (χ3n) is 3.79. The van der Waals surface area contributed by atoms with Crippen molar-refractivity contribution in [3.63, 3.8) is 0 Å². The molecular weight excluding hydrogens is 224 g/mol. The fourth-order valence-corrected chi connectivity index (χ4v) is 2.73. The molecule has 2 N–H and O–H groups in total. The van der Waals surface area contributed by atoms with Crippen molar-refractivity contribution in [2.24, 2.45) is 5.73 Å². The highest BCUT2D eigenvalue weighted by Gasteiger charge is 2.37. The summed E-state index contributed by atoms with van der Waals surface area (Å²) in [5.41, 5.74) is 5.78. The molecule has 0 aliphatic heterocycles. The van der Waals surface area contributed by atoms with E-state index in [1.54, 1.807) is 6.07 Å². The second-order valence-electron chi connectivity index (χ2n) is 4.63. The highest BCUT2D eigenvalue weighted by atomic mass is 19.2. The summed E-state index contributed by atoms with van der Waals surface area (Å²) < 4.78 is 32.5. The van der Waals surface area contributed by atoms with Gasteiger partial charge in [-0.2, -0.15) is 4.39 Å². The van der Waals surface area contributed by atoms with E-state index >= 15 is 0 Å². The Balaban J connectivity index is 2.48. The minimum Gasteiger partial charge on any atom is -0.494 e. The second kappa shape index (κ2) is 4.61. The number of hydrogen-bond donors (Lipinski definition) is 1. The maximum Gasteiger partial charge on any atom is 0.200 e. The Morgan fingerprint density at radius 2 is 1.88 bits per heavy atom. The van der Waals surface area contributed by atoms with Crippen LogP contribution in [-0.4, -0.2) is 13.7 Å². The van der Waals surface area contributed by atoms with Crippen LogP contribution in [-0.2, 0) is 5.41 Å². The van der Waals surface area contributed by atoms with Crippen molar-refractivity contribution in [1.29, 1.82) is 0 Å². The van der Waals surface area contributed by atoms with Crippen LogP contribution in [0.2, 0.25) is 0 Å². The van der Waals surface area contributed by atoms with Crippen molar-refractivity contribution in [2.75, 3.05) is 13.7 Å². The molecule has 1 fully saturated rings. The molecule has 2 nitrogen and oxygen atoms in total. The molecule has 17 heavy (non-hydrogen) atoms. The maximum atomic E-state index is 14.0. The molecule has 0 radical (unpaired) electrons. The molecule has 1 saturated carbocycles. The van der Waals surface area contributed by atoms with Gasteiger partial charge in [0.1, 0.15) is 0 Å². The molecule has 0 amide bonds. The fourth-order valence-electron chi connectivity index (χ4n) is 2.73. The number of rotatable bonds is 3. The van der Waals surface area contributed by atoms with Gasteiger partial charge in [-0.05, 0) is 24.5 Å². The van der Waals surface area contributed by atoms with Crippen LogP contribution in [0, 0.1) is 11.6 Å². The van der Waals surface area contributed by atoms with Crippen molar-refractivity contribution in [3.05, 3.63) is 29.3 Å². The van der Waals surface area contributed by atoms with Gasteiger partial charge in [-0.3, -0.25) is 0 Å². The molecule has 1 aliphatic carbocycles. The van der Waals surface area contributed by atoms with Gasteiger partial charge in [0.25, 0.3) is 0 Å². The molecule has 1 aliphatic rings. The van der Waals surface area contributed by atoms with Gasteiger partial charge in [-0.15, -0.1) is 0 Å². The Bertz CT molecular complexity index is 414. The number of nitrogens with two attached hydrogens (primary N) is 1. The van der Waals surface area contributed by atoms with E-state index in [2.05, 4.69) is 0 Å². The fraction of sp³-hybridized carbons (Fsp3) is 0.538. The number of ether oxygens (including phenoxy) is 1. The highest BCUT2D eigenvalue weighted by Crippen LogP contribution is 2.42. The maximum absolute atomic E-state index is 14.0. The third kappa shape index (κ3) is 1.90. The zero-order valence-electron chi connectivity index (χ0n) is 9.93. The summed E-state index contributed by atoms with van der Waals surface area (Å²) in [5.74, 6) is -1.78. The Morgan fingerprint density at radius 3 is 2.41 bits per heavy atom. The highest BCUT2D eigenvalue weighted by molar-refractivity contribution is 5.36. The number of halogens is 2. The zero-order chi connectivity index (χ0) is 12.5. The summed E-state index contributed by atoms with van der Waals surface area (Å²) in [6.07, 6.45) is 3.69. The third-order valence-corrected chi connectivity index (χ3v) is 3.79. The molecule has 2 rings (SSSR count). The topological polar surface area (TPSA) is 35.2 Å². The van der Waals surface area contributed by atoms with Crippen LogP contribution in [0.4, 0.5) is 8.78 Å². The minimum absolute atomic E-state index is 0.0589. The molecule has 94 valence electrons. The van der Waals surface area contributed by atoms with E-state index in [-0.39, 0.29) is 5.75 Å². The van der Waals surface area contributed by atoms with Gasteiger partial charge in [-0.25, -0.2) is 4.39 Å². The molecule has 0 bridgehead atoms. The van der Waals surface area contributed by atoms with Gasteiger partial charge >= 0.3 is 0 Å².